The molecule has 1 saturated carbocycles. The van der Waals surface area contributed by atoms with Crippen molar-refractivity contribution in [1.29, 1.82) is 0 Å². The molecule has 4 atom stereocenters. The molecule has 3 amide bonds. The summed E-state index contributed by atoms with van der Waals surface area (Å²) in [5.74, 6) is 2.52. The van der Waals surface area contributed by atoms with Gasteiger partial charge in [0.2, 0.25) is 0 Å². The lowest BCUT2D eigenvalue weighted by Gasteiger charge is -2.29. The minimum atomic E-state index is -0.837. The number of aromatic nitrogens is 4. The van der Waals surface area contributed by atoms with Crippen LogP contribution in [0.2, 0.25) is 0 Å². The standard InChI is InChI=1S/C42H54N8O5/c1-4-32(45-41(52)54-2)26-49-22-8-12-35(49)38-43-24-33(46-38)29-18-14-27(15-19-29)28-16-20-30(21-17-28)34-25-44-39(47-34)36-13-9-23-50(36)40(51)37(48-42(53)55-3)31-10-6-5-7-11-31/h5-7,10-11,14-15,18-19,24-25,28,30,32,35-37H,4,8-9,12-13,16-17,20-23,26H2,1-3H3,(H,43,46)(H,44,47)(H,45,52)(H,48,53). The molecule has 4 unspecified atom stereocenters. The van der Waals surface area contributed by atoms with Crippen molar-refractivity contribution < 1.29 is 23.9 Å². The molecule has 3 aliphatic rings. The largest absolute Gasteiger partial charge is 0.453 e. The van der Waals surface area contributed by atoms with Gasteiger partial charge in [0.05, 0.1) is 38.2 Å². The van der Waals surface area contributed by atoms with E-state index in [1.54, 1.807) is 0 Å². The first kappa shape index (κ1) is 38.1. The molecule has 2 aliphatic heterocycles. The molecule has 0 bridgehead atoms. The predicted molar refractivity (Wildman–Crippen MR) is 208 cm³/mol. The Morgan fingerprint density at radius 2 is 1.44 bits per heavy atom. The van der Waals surface area contributed by atoms with Gasteiger partial charge in [0, 0.05) is 36.9 Å². The summed E-state index contributed by atoms with van der Waals surface area (Å²) in [6, 6.07) is 17.5. The number of nitrogens with one attached hydrogen (secondary N) is 4. The highest BCUT2D eigenvalue weighted by Crippen LogP contribution is 2.42. The van der Waals surface area contributed by atoms with Crippen LogP contribution in [0.25, 0.3) is 11.3 Å². The van der Waals surface area contributed by atoms with Crippen molar-refractivity contribution in [2.45, 2.75) is 101 Å². The summed E-state index contributed by atoms with van der Waals surface area (Å²) < 4.78 is 9.66. The Morgan fingerprint density at radius 1 is 0.782 bits per heavy atom. The molecule has 0 spiro atoms. The van der Waals surface area contributed by atoms with Gasteiger partial charge in [-0.25, -0.2) is 19.6 Å². The number of methoxy groups -OCH3 is 2. The number of nitrogens with zero attached hydrogens (tertiary/aromatic N) is 4. The van der Waals surface area contributed by atoms with Crippen molar-refractivity contribution in [3.05, 3.63) is 95.5 Å². The van der Waals surface area contributed by atoms with Crippen molar-refractivity contribution in [2.75, 3.05) is 33.9 Å². The number of rotatable bonds is 12. The van der Waals surface area contributed by atoms with E-state index < -0.39 is 12.1 Å². The van der Waals surface area contributed by atoms with Gasteiger partial charge in [0.1, 0.15) is 17.7 Å². The molecule has 13 heteroatoms. The number of amides is 3. The van der Waals surface area contributed by atoms with E-state index >= 15 is 0 Å². The molecule has 7 rings (SSSR count). The van der Waals surface area contributed by atoms with E-state index in [-0.39, 0.29) is 30.1 Å². The van der Waals surface area contributed by atoms with Crippen LogP contribution in [-0.4, -0.2) is 87.7 Å². The number of likely N-dealkylation sites (tertiary alicyclic amines) is 2. The van der Waals surface area contributed by atoms with Crippen LogP contribution >= 0.6 is 0 Å². The average Bonchev–Trinajstić information content (AvgIpc) is 4.07. The zero-order valence-corrected chi connectivity index (χ0v) is 32.1. The Morgan fingerprint density at radius 3 is 2.16 bits per heavy atom. The van der Waals surface area contributed by atoms with Gasteiger partial charge in [-0.1, -0.05) is 61.5 Å². The summed E-state index contributed by atoms with van der Waals surface area (Å²) in [5, 5.41) is 5.70. The van der Waals surface area contributed by atoms with Crippen molar-refractivity contribution in [3.8, 4) is 11.3 Å². The summed E-state index contributed by atoms with van der Waals surface area (Å²) in [7, 11) is 2.70. The highest BCUT2D eigenvalue weighted by molar-refractivity contribution is 5.87. The number of hydrogen-bond donors (Lipinski definition) is 4. The maximum atomic E-state index is 13.9. The number of alkyl carbamates (subject to hydrolysis) is 2. The minimum absolute atomic E-state index is 0.0278. The SMILES string of the molecule is CCC(CN1CCCC1c1ncc(-c2ccc(C3CCC(c4cnc(C5CCCN5C(=O)C(NC(=O)OC)c5ccccc5)[nH]4)CC3)cc2)[nH]1)NC(=O)OC. The van der Waals surface area contributed by atoms with Crippen LogP contribution in [0.1, 0.15) is 123 Å². The number of aromatic amines is 2. The molecular weight excluding hydrogens is 697 g/mol. The lowest BCUT2D eigenvalue weighted by molar-refractivity contribution is -0.134. The molecule has 55 heavy (non-hydrogen) atoms. The minimum Gasteiger partial charge on any atom is -0.453 e. The first-order valence-electron chi connectivity index (χ1n) is 19.8. The third-order valence-electron chi connectivity index (χ3n) is 11.9. The third kappa shape index (κ3) is 8.72. The molecule has 1 aliphatic carbocycles. The fraction of sp³-hybridized carbons (Fsp3) is 0.500. The lowest BCUT2D eigenvalue weighted by Crippen LogP contribution is -2.43. The molecule has 4 N–H and O–H groups in total. The molecule has 2 saturated heterocycles. The number of carbonyl (C=O) groups excluding carboxylic acids is 3. The first-order valence-corrected chi connectivity index (χ1v) is 19.8. The molecule has 4 aromatic rings. The average molecular weight is 751 g/mol. The summed E-state index contributed by atoms with van der Waals surface area (Å²) in [6.45, 7) is 4.42. The molecule has 0 radical (unpaired) electrons. The summed E-state index contributed by atoms with van der Waals surface area (Å²) >= 11 is 0. The molecule has 2 aromatic carbocycles. The maximum absolute atomic E-state index is 13.9. The number of hydrogen-bond acceptors (Lipinski definition) is 8. The van der Waals surface area contributed by atoms with E-state index in [4.69, 9.17) is 19.4 Å². The van der Waals surface area contributed by atoms with Crippen molar-refractivity contribution in [3.63, 3.8) is 0 Å². The van der Waals surface area contributed by atoms with Gasteiger partial charge in [-0.05, 0) is 86.9 Å². The molecule has 2 aromatic heterocycles. The van der Waals surface area contributed by atoms with Crippen molar-refractivity contribution >= 4 is 18.1 Å². The molecule has 3 fully saturated rings. The van der Waals surface area contributed by atoms with Gasteiger partial charge < -0.3 is 35.0 Å². The van der Waals surface area contributed by atoms with Crippen LogP contribution in [0.15, 0.2) is 67.0 Å². The molecule has 13 nitrogen and oxygen atoms in total. The van der Waals surface area contributed by atoms with Crippen molar-refractivity contribution in [2.24, 2.45) is 0 Å². The Labute approximate surface area is 323 Å². The van der Waals surface area contributed by atoms with Crippen LogP contribution < -0.4 is 10.6 Å². The number of H-pyrrole nitrogens is 2. The molecule has 292 valence electrons. The highest BCUT2D eigenvalue weighted by Gasteiger charge is 2.38. The summed E-state index contributed by atoms with van der Waals surface area (Å²) in [6.07, 6.45) is 11.8. The van der Waals surface area contributed by atoms with E-state index in [9.17, 15) is 14.4 Å². The Balaban J connectivity index is 0.940. The normalized spacial score (nSPS) is 22.6. The number of benzene rings is 2. The summed E-state index contributed by atoms with van der Waals surface area (Å²) in [4.78, 5) is 59.0. The quantitative estimate of drug-likeness (QED) is 0.118. The topological polar surface area (TPSA) is 158 Å². The first-order chi connectivity index (χ1) is 26.8. The van der Waals surface area contributed by atoms with E-state index in [2.05, 4.69) is 56.7 Å². The zero-order valence-electron chi connectivity index (χ0n) is 32.1. The number of ether oxygens (including phenoxy) is 2. The molecular formula is C42H54N8O5. The van der Waals surface area contributed by atoms with E-state index in [0.717, 1.165) is 99.5 Å². The smallest absolute Gasteiger partial charge is 0.407 e. The predicted octanol–water partition coefficient (Wildman–Crippen LogP) is 7.27. The summed E-state index contributed by atoms with van der Waals surface area (Å²) in [5.41, 5.74) is 5.36. The van der Waals surface area contributed by atoms with E-state index in [0.29, 0.717) is 23.9 Å². The monoisotopic (exact) mass is 750 g/mol. The van der Waals surface area contributed by atoms with Gasteiger partial charge in [-0.2, -0.15) is 0 Å². The van der Waals surface area contributed by atoms with Crippen molar-refractivity contribution in [1.82, 2.24) is 40.4 Å². The lowest BCUT2D eigenvalue weighted by atomic mass is 9.77. The van der Waals surface area contributed by atoms with Gasteiger partial charge in [-0.15, -0.1) is 0 Å². The van der Waals surface area contributed by atoms with Crippen LogP contribution in [-0.2, 0) is 14.3 Å². The van der Waals surface area contributed by atoms with Crippen LogP contribution in [0.5, 0.6) is 0 Å². The van der Waals surface area contributed by atoms with Crippen LogP contribution in [0, 0.1) is 0 Å². The maximum Gasteiger partial charge on any atom is 0.407 e. The fourth-order valence-corrected chi connectivity index (χ4v) is 8.78. The Hall–Kier alpha value is -5.17. The second-order valence-corrected chi connectivity index (χ2v) is 15.1. The zero-order chi connectivity index (χ0) is 38.3. The fourth-order valence-electron chi connectivity index (χ4n) is 8.78. The van der Waals surface area contributed by atoms with E-state index in [1.807, 2.05) is 47.6 Å². The molecule has 4 heterocycles. The van der Waals surface area contributed by atoms with Gasteiger partial charge in [-0.3, -0.25) is 9.69 Å². The van der Waals surface area contributed by atoms with Gasteiger partial charge in [0.15, 0.2) is 0 Å². The third-order valence-corrected chi connectivity index (χ3v) is 11.9. The van der Waals surface area contributed by atoms with Gasteiger partial charge in [0.25, 0.3) is 5.91 Å². The van der Waals surface area contributed by atoms with Crippen LogP contribution in [0.3, 0.4) is 0 Å². The second-order valence-electron chi connectivity index (χ2n) is 15.1. The number of carbonyl (C=O) groups is 3. The number of imidazole rings is 2. The highest BCUT2D eigenvalue weighted by atomic mass is 16.5. The Kier molecular flexibility index (Phi) is 12.1. The second kappa shape index (κ2) is 17.5. The van der Waals surface area contributed by atoms with E-state index in [1.165, 1.54) is 19.8 Å². The van der Waals surface area contributed by atoms with Crippen LogP contribution in [0.4, 0.5) is 9.59 Å². The Bertz CT molecular complexity index is 1890. The van der Waals surface area contributed by atoms with Gasteiger partial charge >= 0.3 is 12.2 Å².